The molecule has 0 amide bonds. The standard InChI is InChI=1S/C21H28N2O2S/c1-16(2)26(24,25)22-21-15-23(3)14-13-20(21)19-11-9-18(10-12-19)17-7-5-4-6-8-17/h4-12,16,20-22H,13-15H2,1-3H3/t20-,21-/m1/s1. The van der Waals surface area contributed by atoms with Gasteiger partial charge in [-0.3, -0.25) is 0 Å². The highest BCUT2D eigenvalue weighted by atomic mass is 32.2. The van der Waals surface area contributed by atoms with Crippen LogP contribution in [-0.4, -0.2) is 44.7 Å². The van der Waals surface area contributed by atoms with Crippen LogP contribution in [0, 0.1) is 0 Å². The summed E-state index contributed by atoms with van der Waals surface area (Å²) in [6.45, 7) is 5.15. The smallest absolute Gasteiger partial charge is 0.214 e. The van der Waals surface area contributed by atoms with E-state index in [0.29, 0.717) is 0 Å². The van der Waals surface area contributed by atoms with Crippen molar-refractivity contribution in [2.24, 2.45) is 0 Å². The van der Waals surface area contributed by atoms with Crippen molar-refractivity contribution in [3.8, 4) is 11.1 Å². The third-order valence-corrected chi connectivity index (χ3v) is 7.07. The summed E-state index contributed by atoms with van der Waals surface area (Å²) >= 11 is 0. The van der Waals surface area contributed by atoms with E-state index in [0.717, 1.165) is 19.5 Å². The van der Waals surface area contributed by atoms with Crippen LogP contribution in [-0.2, 0) is 10.0 Å². The number of rotatable bonds is 5. The first-order valence-corrected chi connectivity index (χ1v) is 10.8. The minimum Gasteiger partial charge on any atom is -0.305 e. The van der Waals surface area contributed by atoms with Gasteiger partial charge in [-0.2, -0.15) is 0 Å². The first-order chi connectivity index (χ1) is 12.4. The Bertz CT molecular complexity index is 817. The average Bonchev–Trinajstić information content (AvgIpc) is 2.62. The number of hydrogen-bond donors (Lipinski definition) is 1. The molecular formula is C21H28N2O2S. The molecule has 1 heterocycles. The van der Waals surface area contributed by atoms with E-state index < -0.39 is 15.3 Å². The molecule has 140 valence electrons. The zero-order valence-electron chi connectivity index (χ0n) is 15.7. The minimum atomic E-state index is -3.29. The van der Waals surface area contributed by atoms with Crippen molar-refractivity contribution < 1.29 is 8.42 Å². The molecule has 0 aliphatic carbocycles. The number of nitrogens with one attached hydrogen (secondary N) is 1. The summed E-state index contributed by atoms with van der Waals surface area (Å²) in [5.41, 5.74) is 3.58. The number of hydrogen-bond acceptors (Lipinski definition) is 3. The molecular weight excluding hydrogens is 344 g/mol. The number of likely N-dealkylation sites (tertiary alicyclic amines) is 1. The van der Waals surface area contributed by atoms with E-state index in [2.05, 4.69) is 46.0 Å². The second-order valence-electron chi connectivity index (χ2n) is 7.46. The highest BCUT2D eigenvalue weighted by Crippen LogP contribution is 2.30. The Morgan fingerprint density at radius 2 is 1.62 bits per heavy atom. The van der Waals surface area contributed by atoms with Gasteiger partial charge in [0.05, 0.1) is 5.25 Å². The third kappa shape index (κ3) is 4.34. The topological polar surface area (TPSA) is 49.4 Å². The van der Waals surface area contributed by atoms with Gasteiger partial charge in [0.15, 0.2) is 0 Å². The van der Waals surface area contributed by atoms with Crippen molar-refractivity contribution in [2.75, 3.05) is 20.1 Å². The van der Waals surface area contributed by atoms with Gasteiger partial charge in [0.2, 0.25) is 10.0 Å². The maximum absolute atomic E-state index is 12.4. The molecule has 5 heteroatoms. The Balaban J connectivity index is 1.83. The number of piperidine rings is 1. The molecule has 2 atom stereocenters. The fourth-order valence-corrected chi connectivity index (χ4v) is 4.47. The lowest BCUT2D eigenvalue weighted by Crippen LogP contribution is -2.51. The monoisotopic (exact) mass is 372 g/mol. The van der Waals surface area contributed by atoms with Gasteiger partial charge in [-0.25, -0.2) is 13.1 Å². The van der Waals surface area contributed by atoms with Crippen LogP contribution < -0.4 is 4.72 Å². The predicted molar refractivity (Wildman–Crippen MR) is 108 cm³/mol. The summed E-state index contributed by atoms with van der Waals surface area (Å²) in [6, 6.07) is 18.8. The largest absolute Gasteiger partial charge is 0.305 e. The zero-order valence-corrected chi connectivity index (χ0v) is 16.5. The molecule has 1 fully saturated rings. The van der Waals surface area contributed by atoms with E-state index in [1.807, 2.05) is 25.2 Å². The molecule has 4 nitrogen and oxygen atoms in total. The Morgan fingerprint density at radius 3 is 2.23 bits per heavy atom. The lowest BCUT2D eigenvalue weighted by atomic mass is 9.85. The third-order valence-electron chi connectivity index (χ3n) is 5.20. The van der Waals surface area contributed by atoms with E-state index in [1.165, 1.54) is 16.7 Å². The Morgan fingerprint density at radius 1 is 1.00 bits per heavy atom. The fraction of sp³-hybridized carbons (Fsp3) is 0.429. The summed E-state index contributed by atoms with van der Waals surface area (Å²) in [7, 11) is -1.24. The van der Waals surface area contributed by atoms with Gasteiger partial charge < -0.3 is 4.90 Å². The van der Waals surface area contributed by atoms with Gasteiger partial charge in [-0.15, -0.1) is 0 Å². The minimum absolute atomic E-state index is 0.0938. The van der Waals surface area contributed by atoms with Crippen LogP contribution >= 0.6 is 0 Å². The molecule has 1 saturated heterocycles. The fourth-order valence-electron chi connectivity index (χ4n) is 3.53. The Kier molecular flexibility index (Phi) is 5.80. The summed E-state index contributed by atoms with van der Waals surface area (Å²) in [5, 5.41) is -0.421. The van der Waals surface area contributed by atoms with Crippen LogP contribution in [0.3, 0.4) is 0 Å². The van der Waals surface area contributed by atoms with Crippen molar-refractivity contribution in [1.29, 1.82) is 0 Å². The molecule has 0 aromatic heterocycles. The van der Waals surface area contributed by atoms with Gasteiger partial charge in [0, 0.05) is 18.5 Å². The first-order valence-electron chi connectivity index (χ1n) is 9.22. The SMILES string of the molecule is CC(C)S(=O)(=O)N[C@@H]1CN(C)CC[C@@H]1c1ccc(-c2ccccc2)cc1. The molecule has 0 radical (unpaired) electrons. The number of nitrogens with zero attached hydrogens (tertiary/aromatic N) is 1. The lowest BCUT2D eigenvalue weighted by molar-refractivity contribution is 0.218. The average molecular weight is 373 g/mol. The van der Waals surface area contributed by atoms with Crippen LogP contribution in [0.5, 0.6) is 0 Å². The van der Waals surface area contributed by atoms with E-state index in [1.54, 1.807) is 13.8 Å². The second-order valence-corrected chi connectivity index (χ2v) is 9.73. The highest BCUT2D eigenvalue weighted by molar-refractivity contribution is 7.90. The van der Waals surface area contributed by atoms with Gasteiger partial charge >= 0.3 is 0 Å². The predicted octanol–water partition coefficient (Wildman–Crippen LogP) is 3.47. The summed E-state index contributed by atoms with van der Waals surface area (Å²) < 4.78 is 27.7. The maximum Gasteiger partial charge on any atom is 0.214 e. The summed E-state index contributed by atoms with van der Waals surface area (Å²) in [5.74, 6) is 0.199. The number of likely N-dealkylation sites (N-methyl/N-ethyl adjacent to an activating group) is 1. The van der Waals surface area contributed by atoms with Gasteiger partial charge in [-0.05, 0) is 50.6 Å². The van der Waals surface area contributed by atoms with Crippen molar-refractivity contribution in [3.05, 3.63) is 60.2 Å². The number of benzene rings is 2. The van der Waals surface area contributed by atoms with Crippen LogP contribution in [0.25, 0.3) is 11.1 Å². The van der Waals surface area contributed by atoms with Crippen LogP contribution in [0.4, 0.5) is 0 Å². The van der Waals surface area contributed by atoms with Crippen molar-refractivity contribution >= 4 is 10.0 Å². The van der Waals surface area contributed by atoms with Gasteiger partial charge in [0.1, 0.15) is 0 Å². The van der Waals surface area contributed by atoms with Gasteiger partial charge in [-0.1, -0.05) is 54.6 Å². The molecule has 0 unspecified atom stereocenters. The van der Waals surface area contributed by atoms with Gasteiger partial charge in [0.25, 0.3) is 0 Å². The molecule has 3 rings (SSSR count). The van der Waals surface area contributed by atoms with Crippen molar-refractivity contribution in [3.63, 3.8) is 0 Å². The normalized spacial score (nSPS) is 21.8. The first kappa shape index (κ1) is 19.1. The molecule has 2 aromatic carbocycles. The van der Waals surface area contributed by atoms with E-state index in [4.69, 9.17) is 0 Å². The molecule has 1 aliphatic rings. The zero-order chi connectivity index (χ0) is 18.7. The molecule has 26 heavy (non-hydrogen) atoms. The quantitative estimate of drug-likeness (QED) is 0.874. The van der Waals surface area contributed by atoms with E-state index in [-0.39, 0.29) is 12.0 Å². The van der Waals surface area contributed by atoms with Crippen molar-refractivity contribution in [1.82, 2.24) is 9.62 Å². The lowest BCUT2D eigenvalue weighted by Gasteiger charge is -2.37. The van der Waals surface area contributed by atoms with Crippen molar-refractivity contribution in [2.45, 2.75) is 37.5 Å². The summed E-state index contributed by atoms with van der Waals surface area (Å²) in [4.78, 5) is 2.20. The Labute approximate surface area is 157 Å². The van der Waals surface area contributed by atoms with Crippen LogP contribution in [0.1, 0.15) is 31.7 Å². The second kappa shape index (κ2) is 7.91. The highest BCUT2D eigenvalue weighted by Gasteiger charge is 2.32. The number of sulfonamides is 1. The molecule has 1 aliphatic heterocycles. The van der Waals surface area contributed by atoms with E-state index in [9.17, 15) is 8.42 Å². The molecule has 0 bridgehead atoms. The molecule has 2 aromatic rings. The van der Waals surface area contributed by atoms with Crippen LogP contribution in [0.15, 0.2) is 54.6 Å². The maximum atomic E-state index is 12.4. The molecule has 0 spiro atoms. The molecule has 0 saturated carbocycles. The Hall–Kier alpha value is -1.69. The molecule has 1 N–H and O–H groups in total. The summed E-state index contributed by atoms with van der Waals surface area (Å²) in [6.07, 6.45) is 0.951. The van der Waals surface area contributed by atoms with E-state index >= 15 is 0 Å². The van der Waals surface area contributed by atoms with Crippen LogP contribution in [0.2, 0.25) is 0 Å².